The van der Waals surface area contributed by atoms with E-state index < -0.39 is 5.78 Å². The van der Waals surface area contributed by atoms with E-state index in [2.05, 4.69) is 10.6 Å². The van der Waals surface area contributed by atoms with Crippen molar-refractivity contribution in [3.63, 3.8) is 0 Å². The Bertz CT molecular complexity index is 791. The molecule has 2 rings (SSSR count). The van der Waals surface area contributed by atoms with Crippen molar-refractivity contribution >= 4 is 52.1 Å². The molecule has 1 aromatic carbocycles. The SMILES string of the molecule is CC(C)NC(=S)NCc1c(Cl)ccc(C(=O)C2=C(O)CCCC2=O)c1Cl. The lowest BCUT2D eigenvalue weighted by Crippen LogP contribution is -2.38. The molecule has 0 atom stereocenters. The number of ketones is 2. The highest BCUT2D eigenvalue weighted by molar-refractivity contribution is 7.80. The van der Waals surface area contributed by atoms with Crippen LogP contribution in [-0.2, 0) is 11.3 Å². The largest absolute Gasteiger partial charge is 0.511 e. The van der Waals surface area contributed by atoms with Gasteiger partial charge in [-0.3, -0.25) is 9.59 Å². The summed E-state index contributed by atoms with van der Waals surface area (Å²) in [5.41, 5.74) is 0.444. The van der Waals surface area contributed by atoms with Gasteiger partial charge in [0.15, 0.2) is 10.9 Å². The number of hydrogen-bond donors (Lipinski definition) is 3. The van der Waals surface area contributed by atoms with Gasteiger partial charge in [0, 0.05) is 41.6 Å². The highest BCUT2D eigenvalue weighted by atomic mass is 35.5. The van der Waals surface area contributed by atoms with Crippen LogP contribution in [0.25, 0.3) is 0 Å². The molecule has 8 heteroatoms. The van der Waals surface area contributed by atoms with Crippen molar-refractivity contribution in [3.8, 4) is 0 Å². The first-order chi connectivity index (χ1) is 12.2. The Labute approximate surface area is 167 Å². The lowest BCUT2D eigenvalue weighted by Gasteiger charge is -2.17. The molecule has 0 aliphatic heterocycles. The number of Topliss-reactive ketones (excluding diaryl/α,β-unsaturated/α-hetero) is 2. The average Bonchev–Trinajstić information content (AvgIpc) is 2.53. The number of allylic oxidation sites excluding steroid dienone is 2. The molecule has 1 aliphatic rings. The van der Waals surface area contributed by atoms with Gasteiger partial charge >= 0.3 is 0 Å². The zero-order chi connectivity index (χ0) is 19.4. The van der Waals surface area contributed by atoms with E-state index in [1.54, 1.807) is 6.07 Å². The van der Waals surface area contributed by atoms with Gasteiger partial charge in [-0.2, -0.15) is 0 Å². The van der Waals surface area contributed by atoms with Gasteiger partial charge in [0.25, 0.3) is 0 Å². The van der Waals surface area contributed by atoms with Gasteiger partial charge < -0.3 is 15.7 Å². The molecular weight excluding hydrogens is 395 g/mol. The summed E-state index contributed by atoms with van der Waals surface area (Å²) in [5, 5.41) is 16.9. The number of carbonyl (C=O) groups is 2. The van der Waals surface area contributed by atoms with Gasteiger partial charge in [-0.15, -0.1) is 0 Å². The predicted octanol–water partition coefficient (Wildman–Crippen LogP) is 4.11. The van der Waals surface area contributed by atoms with Crippen molar-refractivity contribution < 1.29 is 14.7 Å². The molecule has 0 fully saturated rings. The van der Waals surface area contributed by atoms with Crippen molar-refractivity contribution in [1.29, 1.82) is 0 Å². The highest BCUT2D eigenvalue weighted by Crippen LogP contribution is 2.32. The van der Waals surface area contributed by atoms with Crippen LogP contribution in [0.15, 0.2) is 23.5 Å². The summed E-state index contributed by atoms with van der Waals surface area (Å²) < 4.78 is 0. The second-order valence-corrected chi connectivity index (χ2v) is 7.49. The van der Waals surface area contributed by atoms with Crippen molar-refractivity contribution in [2.45, 2.75) is 45.7 Å². The fourth-order valence-electron chi connectivity index (χ4n) is 2.64. The molecule has 3 N–H and O–H groups in total. The standard InChI is InChI=1S/C18H20Cl2N2O3S/c1-9(2)22-18(26)21-8-11-12(19)7-6-10(16(11)20)17(25)15-13(23)4-3-5-14(15)24/h6-7,9,23H,3-5,8H2,1-2H3,(H2,21,22,26). The first-order valence-electron chi connectivity index (χ1n) is 8.23. The fraction of sp³-hybridized carbons (Fsp3) is 0.389. The quantitative estimate of drug-likeness (QED) is 0.382. The zero-order valence-electron chi connectivity index (χ0n) is 14.5. The number of nitrogens with one attached hydrogen (secondary N) is 2. The number of rotatable bonds is 5. The van der Waals surface area contributed by atoms with E-state index in [0.29, 0.717) is 28.5 Å². The minimum absolute atomic E-state index is 0.132. The van der Waals surface area contributed by atoms with Crippen LogP contribution >= 0.6 is 35.4 Å². The fourth-order valence-corrected chi connectivity index (χ4v) is 3.53. The van der Waals surface area contributed by atoms with Crippen LogP contribution in [0, 0.1) is 0 Å². The molecule has 5 nitrogen and oxygen atoms in total. The Balaban J connectivity index is 2.30. The Morgan fingerprint density at radius 1 is 1.31 bits per heavy atom. The maximum Gasteiger partial charge on any atom is 0.201 e. The van der Waals surface area contributed by atoms with Crippen molar-refractivity contribution in [1.82, 2.24) is 10.6 Å². The van der Waals surface area contributed by atoms with E-state index in [0.717, 1.165) is 0 Å². The van der Waals surface area contributed by atoms with Crippen LogP contribution in [0.5, 0.6) is 0 Å². The molecule has 0 amide bonds. The summed E-state index contributed by atoms with van der Waals surface area (Å²) in [6, 6.07) is 3.17. The van der Waals surface area contributed by atoms with Crippen LogP contribution in [0.3, 0.4) is 0 Å². The monoisotopic (exact) mass is 414 g/mol. The molecule has 0 spiro atoms. The maximum absolute atomic E-state index is 12.8. The summed E-state index contributed by atoms with van der Waals surface area (Å²) in [4.78, 5) is 24.8. The molecule has 0 radical (unpaired) electrons. The van der Waals surface area contributed by atoms with Gasteiger partial charge in [0.05, 0.1) is 5.02 Å². The first kappa shape index (κ1) is 20.7. The topological polar surface area (TPSA) is 78.4 Å². The van der Waals surface area contributed by atoms with E-state index in [1.165, 1.54) is 6.07 Å². The van der Waals surface area contributed by atoms with Crippen LogP contribution in [0.4, 0.5) is 0 Å². The van der Waals surface area contributed by atoms with E-state index in [-0.39, 0.29) is 46.7 Å². The minimum Gasteiger partial charge on any atom is -0.511 e. The summed E-state index contributed by atoms with van der Waals surface area (Å²) in [7, 11) is 0. The number of aliphatic hydroxyl groups excluding tert-OH is 1. The van der Waals surface area contributed by atoms with Gasteiger partial charge in [0.1, 0.15) is 11.3 Å². The second kappa shape index (κ2) is 8.84. The minimum atomic E-state index is -0.585. The van der Waals surface area contributed by atoms with Crippen molar-refractivity contribution in [2.75, 3.05) is 0 Å². The van der Waals surface area contributed by atoms with Crippen LogP contribution in [0.1, 0.15) is 49.0 Å². The highest BCUT2D eigenvalue weighted by Gasteiger charge is 2.29. The molecule has 0 bridgehead atoms. The number of carbonyl (C=O) groups excluding carboxylic acids is 2. The smallest absolute Gasteiger partial charge is 0.201 e. The summed E-state index contributed by atoms with van der Waals surface area (Å²) >= 11 is 17.8. The Morgan fingerprint density at radius 3 is 2.62 bits per heavy atom. The number of thiocarbonyl (C=S) groups is 1. The number of aliphatic hydroxyl groups is 1. The molecule has 0 unspecified atom stereocenters. The predicted molar refractivity (Wildman–Crippen MR) is 107 cm³/mol. The lowest BCUT2D eigenvalue weighted by atomic mass is 9.90. The Morgan fingerprint density at radius 2 is 2.00 bits per heavy atom. The molecule has 0 heterocycles. The Hall–Kier alpha value is -1.63. The molecule has 0 aromatic heterocycles. The summed E-state index contributed by atoms with van der Waals surface area (Å²) in [6.07, 6.45) is 1.08. The molecule has 26 heavy (non-hydrogen) atoms. The van der Waals surface area contributed by atoms with Crippen LogP contribution in [0.2, 0.25) is 10.0 Å². The van der Waals surface area contributed by atoms with Crippen molar-refractivity contribution in [2.24, 2.45) is 0 Å². The lowest BCUT2D eigenvalue weighted by molar-refractivity contribution is -0.116. The average molecular weight is 415 g/mol. The van der Waals surface area contributed by atoms with Gasteiger partial charge in [-0.05, 0) is 44.6 Å². The summed E-state index contributed by atoms with van der Waals surface area (Å²) in [5.74, 6) is -1.14. The molecule has 140 valence electrons. The number of hydrogen-bond acceptors (Lipinski definition) is 4. The third kappa shape index (κ3) is 4.75. The van der Waals surface area contributed by atoms with Crippen LogP contribution in [-0.4, -0.2) is 27.8 Å². The Kier molecular flexibility index (Phi) is 7.03. The second-order valence-electron chi connectivity index (χ2n) is 6.30. The first-order valence-corrected chi connectivity index (χ1v) is 9.40. The zero-order valence-corrected chi connectivity index (χ0v) is 16.8. The molecule has 1 aliphatic carbocycles. The van der Waals surface area contributed by atoms with E-state index >= 15 is 0 Å². The maximum atomic E-state index is 12.8. The third-order valence-corrected chi connectivity index (χ3v) is 4.94. The summed E-state index contributed by atoms with van der Waals surface area (Å²) in [6.45, 7) is 4.12. The molecule has 0 saturated carbocycles. The van der Waals surface area contributed by atoms with Crippen LogP contribution < -0.4 is 10.6 Å². The number of benzene rings is 1. The van der Waals surface area contributed by atoms with E-state index in [9.17, 15) is 14.7 Å². The van der Waals surface area contributed by atoms with E-state index in [4.69, 9.17) is 35.4 Å². The van der Waals surface area contributed by atoms with Crippen molar-refractivity contribution in [3.05, 3.63) is 44.6 Å². The molecular formula is C18H20Cl2N2O3S. The normalized spacial score (nSPS) is 14.6. The molecule has 0 saturated heterocycles. The van der Waals surface area contributed by atoms with Gasteiger partial charge in [-0.25, -0.2) is 0 Å². The number of halogens is 2. The third-order valence-electron chi connectivity index (χ3n) is 3.89. The van der Waals surface area contributed by atoms with Gasteiger partial charge in [-0.1, -0.05) is 23.2 Å². The van der Waals surface area contributed by atoms with E-state index in [1.807, 2.05) is 13.8 Å². The molecule has 1 aromatic rings. The van der Waals surface area contributed by atoms with Gasteiger partial charge in [0.2, 0.25) is 5.78 Å².